The molecule has 1 aliphatic heterocycles. The van der Waals surface area contributed by atoms with Crippen molar-refractivity contribution >= 4 is 5.91 Å². The van der Waals surface area contributed by atoms with E-state index in [9.17, 15) is 4.79 Å². The van der Waals surface area contributed by atoms with Gasteiger partial charge in [-0.2, -0.15) is 0 Å². The van der Waals surface area contributed by atoms with Crippen LogP contribution < -0.4 is 14.8 Å². The lowest BCUT2D eigenvalue weighted by molar-refractivity contribution is -0.123. The fourth-order valence-corrected chi connectivity index (χ4v) is 2.73. The molecule has 0 aliphatic carbocycles. The van der Waals surface area contributed by atoms with Gasteiger partial charge in [0.05, 0.1) is 6.54 Å². The van der Waals surface area contributed by atoms with Gasteiger partial charge in [0.2, 0.25) is 12.7 Å². The van der Waals surface area contributed by atoms with Crippen molar-refractivity contribution in [2.75, 3.05) is 13.3 Å². The van der Waals surface area contributed by atoms with Crippen LogP contribution in [-0.2, 0) is 17.9 Å². The Bertz CT molecular complexity index is 716. The van der Waals surface area contributed by atoms with Gasteiger partial charge in [-0.3, -0.25) is 9.69 Å². The number of nitrogens with zero attached hydrogens (tertiary/aromatic N) is 1. The van der Waals surface area contributed by atoms with Crippen molar-refractivity contribution in [2.24, 2.45) is 0 Å². The number of amides is 1. The van der Waals surface area contributed by atoms with Gasteiger partial charge < -0.3 is 14.8 Å². The summed E-state index contributed by atoms with van der Waals surface area (Å²) in [4.78, 5) is 14.5. The Morgan fingerprint density at radius 3 is 2.60 bits per heavy atom. The van der Waals surface area contributed by atoms with Crippen LogP contribution in [-0.4, -0.2) is 30.2 Å². The number of ether oxygens (including phenoxy) is 2. The Labute approximate surface area is 148 Å². The predicted octanol–water partition coefficient (Wildman–Crippen LogP) is 2.94. The zero-order valence-electron chi connectivity index (χ0n) is 14.7. The molecule has 1 aliphatic rings. The Kier molecular flexibility index (Phi) is 5.56. The number of benzene rings is 2. The number of fused-ring (bicyclic) bond motifs is 1. The van der Waals surface area contributed by atoms with E-state index in [1.54, 1.807) is 0 Å². The molecule has 2 aromatic carbocycles. The first-order valence-electron chi connectivity index (χ1n) is 8.55. The molecule has 1 amide bonds. The Balaban J connectivity index is 1.53. The first-order chi connectivity index (χ1) is 12.1. The SMILES string of the molecule is CC(C)N(CC(=O)NCc1ccc2c(c1)OCO2)Cc1ccccc1. The van der Waals surface area contributed by atoms with Crippen LogP contribution in [0.4, 0.5) is 0 Å². The highest BCUT2D eigenvalue weighted by Crippen LogP contribution is 2.32. The summed E-state index contributed by atoms with van der Waals surface area (Å²) in [5, 5.41) is 2.98. The fraction of sp³-hybridized carbons (Fsp3) is 0.350. The molecule has 0 aromatic heterocycles. The highest BCUT2D eigenvalue weighted by atomic mass is 16.7. The number of hydrogen-bond donors (Lipinski definition) is 1. The van der Waals surface area contributed by atoms with Crippen LogP contribution in [0.25, 0.3) is 0 Å². The molecule has 0 atom stereocenters. The van der Waals surface area contributed by atoms with Gasteiger partial charge in [0, 0.05) is 19.1 Å². The van der Waals surface area contributed by atoms with Crippen LogP contribution in [0.1, 0.15) is 25.0 Å². The molecule has 0 fully saturated rings. The number of nitrogens with one attached hydrogen (secondary N) is 1. The van der Waals surface area contributed by atoms with Gasteiger partial charge in [0.1, 0.15) is 0 Å². The summed E-state index contributed by atoms with van der Waals surface area (Å²) in [7, 11) is 0. The van der Waals surface area contributed by atoms with Crippen molar-refractivity contribution in [1.29, 1.82) is 0 Å². The summed E-state index contributed by atoms with van der Waals surface area (Å²) < 4.78 is 10.7. The molecular formula is C20H24N2O3. The highest BCUT2D eigenvalue weighted by molar-refractivity contribution is 5.78. The maximum atomic E-state index is 12.3. The summed E-state index contributed by atoms with van der Waals surface area (Å²) in [6.45, 7) is 6.08. The molecule has 5 heteroatoms. The predicted molar refractivity (Wildman–Crippen MR) is 96.4 cm³/mol. The summed E-state index contributed by atoms with van der Waals surface area (Å²) >= 11 is 0. The van der Waals surface area contributed by atoms with E-state index in [4.69, 9.17) is 9.47 Å². The molecule has 1 N–H and O–H groups in total. The molecule has 0 saturated heterocycles. The average molecular weight is 340 g/mol. The molecule has 2 aromatic rings. The third-order valence-electron chi connectivity index (χ3n) is 4.23. The van der Waals surface area contributed by atoms with E-state index in [-0.39, 0.29) is 18.7 Å². The first-order valence-corrected chi connectivity index (χ1v) is 8.55. The second-order valence-corrected chi connectivity index (χ2v) is 6.45. The van der Waals surface area contributed by atoms with Gasteiger partial charge in [-0.1, -0.05) is 36.4 Å². The minimum Gasteiger partial charge on any atom is -0.454 e. The summed E-state index contributed by atoms with van der Waals surface area (Å²) in [5.74, 6) is 1.51. The lowest BCUT2D eigenvalue weighted by Crippen LogP contribution is -2.40. The van der Waals surface area contributed by atoms with Gasteiger partial charge in [-0.25, -0.2) is 0 Å². The van der Waals surface area contributed by atoms with Crippen LogP contribution in [0.15, 0.2) is 48.5 Å². The van der Waals surface area contributed by atoms with E-state index >= 15 is 0 Å². The van der Waals surface area contributed by atoms with E-state index in [2.05, 4.69) is 36.2 Å². The normalized spacial score (nSPS) is 12.6. The molecule has 0 saturated carbocycles. The summed E-state index contributed by atoms with van der Waals surface area (Å²) in [6, 6.07) is 16.2. The van der Waals surface area contributed by atoms with Crippen LogP contribution >= 0.6 is 0 Å². The monoisotopic (exact) mass is 340 g/mol. The molecule has 3 rings (SSSR count). The van der Waals surface area contributed by atoms with E-state index in [1.807, 2.05) is 36.4 Å². The molecule has 25 heavy (non-hydrogen) atoms. The summed E-state index contributed by atoms with van der Waals surface area (Å²) in [6.07, 6.45) is 0. The van der Waals surface area contributed by atoms with Gasteiger partial charge in [0.25, 0.3) is 0 Å². The molecule has 0 spiro atoms. The van der Waals surface area contributed by atoms with Crippen LogP contribution in [0, 0.1) is 0 Å². The maximum Gasteiger partial charge on any atom is 0.234 e. The quantitative estimate of drug-likeness (QED) is 0.842. The van der Waals surface area contributed by atoms with Crippen molar-refractivity contribution in [1.82, 2.24) is 10.2 Å². The topological polar surface area (TPSA) is 50.8 Å². The largest absolute Gasteiger partial charge is 0.454 e. The lowest BCUT2D eigenvalue weighted by atomic mass is 10.2. The third-order valence-corrected chi connectivity index (χ3v) is 4.23. The fourth-order valence-electron chi connectivity index (χ4n) is 2.73. The van der Waals surface area contributed by atoms with Gasteiger partial charge >= 0.3 is 0 Å². The second kappa shape index (κ2) is 8.03. The molecule has 0 bridgehead atoms. The number of carbonyl (C=O) groups is 1. The maximum absolute atomic E-state index is 12.3. The second-order valence-electron chi connectivity index (χ2n) is 6.45. The lowest BCUT2D eigenvalue weighted by Gasteiger charge is -2.26. The minimum atomic E-state index is 0.0160. The Morgan fingerprint density at radius 2 is 1.84 bits per heavy atom. The van der Waals surface area contributed by atoms with E-state index < -0.39 is 0 Å². The molecule has 0 unspecified atom stereocenters. The van der Waals surface area contributed by atoms with Crippen molar-refractivity contribution in [3.8, 4) is 11.5 Å². The minimum absolute atomic E-state index is 0.0160. The van der Waals surface area contributed by atoms with E-state index in [0.717, 1.165) is 23.6 Å². The van der Waals surface area contributed by atoms with Gasteiger partial charge in [-0.05, 0) is 37.1 Å². The van der Waals surface area contributed by atoms with E-state index in [1.165, 1.54) is 5.56 Å². The van der Waals surface area contributed by atoms with Crippen LogP contribution in [0.5, 0.6) is 11.5 Å². The Morgan fingerprint density at radius 1 is 1.08 bits per heavy atom. The first kappa shape index (κ1) is 17.3. The van der Waals surface area contributed by atoms with Crippen molar-refractivity contribution in [3.63, 3.8) is 0 Å². The number of carbonyl (C=O) groups excluding carboxylic acids is 1. The zero-order chi connectivity index (χ0) is 17.6. The number of hydrogen-bond acceptors (Lipinski definition) is 4. The smallest absolute Gasteiger partial charge is 0.234 e. The van der Waals surface area contributed by atoms with Crippen LogP contribution in [0.2, 0.25) is 0 Å². The van der Waals surface area contributed by atoms with Crippen molar-refractivity contribution in [3.05, 3.63) is 59.7 Å². The van der Waals surface area contributed by atoms with Crippen LogP contribution in [0.3, 0.4) is 0 Å². The molecular weight excluding hydrogens is 316 g/mol. The molecule has 0 radical (unpaired) electrons. The average Bonchev–Trinajstić information content (AvgIpc) is 3.08. The molecule has 5 nitrogen and oxygen atoms in total. The molecule has 132 valence electrons. The Hall–Kier alpha value is -2.53. The highest BCUT2D eigenvalue weighted by Gasteiger charge is 2.16. The van der Waals surface area contributed by atoms with Crippen molar-refractivity contribution in [2.45, 2.75) is 33.0 Å². The van der Waals surface area contributed by atoms with E-state index in [0.29, 0.717) is 13.1 Å². The summed E-state index contributed by atoms with van der Waals surface area (Å²) in [5.41, 5.74) is 2.21. The standard InChI is InChI=1S/C20H24N2O3/c1-15(2)22(12-16-6-4-3-5-7-16)13-20(23)21-11-17-8-9-18-19(10-17)25-14-24-18/h3-10,15H,11-14H2,1-2H3,(H,21,23). The third kappa shape index (κ3) is 4.73. The van der Waals surface area contributed by atoms with Gasteiger partial charge in [0.15, 0.2) is 11.5 Å². The van der Waals surface area contributed by atoms with Crippen molar-refractivity contribution < 1.29 is 14.3 Å². The zero-order valence-corrected chi connectivity index (χ0v) is 14.7. The van der Waals surface area contributed by atoms with Gasteiger partial charge in [-0.15, -0.1) is 0 Å². The molecule has 1 heterocycles. The number of rotatable bonds is 7.